The number of benzene rings is 1. The second-order valence-electron chi connectivity index (χ2n) is 6.01. The third-order valence-electron chi connectivity index (χ3n) is 4.38. The number of fused-ring (bicyclic) bond motifs is 1. The quantitative estimate of drug-likeness (QED) is 0.860. The Kier molecular flexibility index (Phi) is 4.50. The van der Waals surface area contributed by atoms with Crippen LogP contribution in [0.5, 0.6) is 0 Å². The Morgan fingerprint density at radius 3 is 2.87 bits per heavy atom. The van der Waals surface area contributed by atoms with Crippen molar-refractivity contribution in [1.29, 1.82) is 0 Å². The molecule has 1 aromatic carbocycles. The minimum absolute atomic E-state index is 0.0841. The number of carbonyl (C=O) groups is 1. The largest absolute Gasteiger partial charge is 0.462 e. The lowest BCUT2D eigenvalue weighted by Crippen LogP contribution is -2.50. The Hall–Kier alpha value is -1.72. The van der Waals surface area contributed by atoms with Crippen molar-refractivity contribution >= 4 is 17.6 Å². The molecule has 1 fully saturated rings. The summed E-state index contributed by atoms with van der Waals surface area (Å²) in [6.07, 6.45) is 0.910. The lowest BCUT2D eigenvalue weighted by atomic mass is 9.97. The second-order valence-corrected chi connectivity index (χ2v) is 6.42. The van der Waals surface area contributed by atoms with Crippen LogP contribution in [0.2, 0.25) is 5.02 Å². The van der Waals surface area contributed by atoms with Crippen LogP contribution in [0.25, 0.3) is 0 Å². The van der Waals surface area contributed by atoms with E-state index in [1.807, 2.05) is 38.2 Å². The second kappa shape index (κ2) is 6.42. The summed E-state index contributed by atoms with van der Waals surface area (Å²) in [4.78, 5) is 12.3. The van der Waals surface area contributed by atoms with E-state index in [1.54, 1.807) is 0 Å². The van der Waals surface area contributed by atoms with Gasteiger partial charge in [0.15, 0.2) is 0 Å². The Morgan fingerprint density at radius 2 is 2.17 bits per heavy atom. The van der Waals surface area contributed by atoms with Gasteiger partial charge in [-0.1, -0.05) is 29.8 Å². The number of hydrogen-bond donors (Lipinski definition) is 1. The Labute approximate surface area is 141 Å². The van der Waals surface area contributed by atoms with Gasteiger partial charge in [0, 0.05) is 18.1 Å². The zero-order valence-electron chi connectivity index (χ0n) is 13.7. The van der Waals surface area contributed by atoms with Gasteiger partial charge in [0.25, 0.3) is 0 Å². The molecule has 0 radical (unpaired) electrons. The van der Waals surface area contributed by atoms with Gasteiger partial charge in [-0.05, 0) is 31.9 Å². The number of hydrogen-bond acceptors (Lipinski definition) is 5. The summed E-state index contributed by atoms with van der Waals surface area (Å²) >= 11 is 6.35. The van der Waals surface area contributed by atoms with Crippen molar-refractivity contribution in [3.05, 3.63) is 46.2 Å². The first-order valence-corrected chi connectivity index (χ1v) is 8.32. The van der Waals surface area contributed by atoms with Crippen LogP contribution in [-0.2, 0) is 9.53 Å². The molecule has 1 saturated heterocycles. The van der Waals surface area contributed by atoms with Crippen molar-refractivity contribution in [2.24, 2.45) is 0 Å². The summed E-state index contributed by atoms with van der Waals surface area (Å²) < 4.78 is 5.21. The van der Waals surface area contributed by atoms with Crippen LogP contribution in [0.15, 0.2) is 35.7 Å². The van der Waals surface area contributed by atoms with Gasteiger partial charge in [-0.2, -0.15) is 0 Å². The fourth-order valence-corrected chi connectivity index (χ4v) is 3.67. The molecule has 6 heteroatoms. The molecule has 0 spiro atoms. The zero-order chi connectivity index (χ0) is 16.6. The van der Waals surface area contributed by atoms with Crippen LogP contribution in [-0.4, -0.2) is 42.2 Å². The van der Waals surface area contributed by atoms with Gasteiger partial charge < -0.3 is 10.1 Å². The Bertz CT molecular complexity index is 646. The molecule has 2 unspecified atom stereocenters. The predicted molar refractivity (Wildman–Crippen MR) is 89.5 cm³/mol. The molecule has 0 amide bonds. The first kappa shape index (κ1) is 16.1. The predicted octanol–water partition coefficient (Wildman–Crippen LogP) is 2.70. The van der Waals surface area contributed by atoms with Crippen molar-refractivity contribution in [2.45, 2.75) is 32.4 Å². The van der Waals surface area contributed by atoms with Crippen molar-refractivity contribution in [3.63, 3.8) is 0 Å². The van der Waals surface area contributed by atoms with Gasteiger partial charge in [0.05, 0.1) is 24.8 Å². The SMILES string of the molecule is CCOC(=O)C1=C2NC(c3ccccc3Cl)CC(C)N2N(C)C1. The maximum absolute atomic E-state index is 12.3. The number of rotatable bonds is 3. The van der Waals surface area contributed by atoms with Crippen molar-refractivity contribution in [3.8, 4) is 0 Å². The molecular weight excluding hydrogens is 314 g/mol. The average molecular weight is 336 g/mol. The van der Waals surface area contributed by atoms with E-state index in [2.05, 4.69) is 22.3 Å². The monoisotopic (exact) mass is 335 g/mol. The molecule has 2 aliphatic rings. The van der Waals surface area contributed by atoms with Gasteiger partial charge in [-0.25, -0.2) is 9.80 Å². The minimum Gasteiger partial charge on any atom is -0.462 e. The van der Waals surface area contributed by atoms with E-state index in [4.69, 9.17) is 16.3 Å². The lowest BCUT2D eigenvalue weighted by Gasteiger charge is -2.42. The number of nitrogens with zero attached hydrogens (tertiary/aromatic N) is 2. The van der Waals surface area contributed by atoms with E-state index in [9.17, 15) is 4.79 Å². The number of esters is 1. The summed E-state index contributed by atoms with van der Waals surface area (Å²) in [6.45, 7) is 4.92. The van der Waals surface area contributed by atoms with E-state index in [1.165, 1.54) is 0 Å². The van der Waals surface area contributed by atoms with Crippen molar-refractivity contribution in [1.82, 2.24) is 15.3 Å². The van der Waals surface area contributed by atoms with Gasteiger partial charge >= 0.3 is 5.97 Å². The lowest BCUT2D eigenvalue weighted by molar-refractivity contribution is -0.138. The molecular formula is C17H22ClN3O2. The molecule has 0 aromatic heterocycles. The number of hydrazine groups is 1. The molecule has 1 N–H and O–H groups in total. The van der Waals surface area contributed by atoms with Gasteiger partial charge in [0.2, 0.25) is 0 Å². The molecule has 2 heterocycles. The summed E-state index contributed by atoms with van der Waals surface area (Å²) in [7, 11) is 1.99. The third kappa shape index (κ3) is 2.91. The van der Waals surface area contributed by atoms with Crippen LogP contribution in [0.1, 0.15) is 31.9 Å². The average Bonchev–Trinajstić information content (AvgIpc) is 2.85. The number of likely N-dealkylation sites (N-methyl/N-ethyl adjacent to an activating group) is 1. The molecule has 124 valence electrons. The summed E-state index contributed by atoms with van der Waals surface area (Å²) in [5.41, 5.74) is 1.74. The van der Waals surface area contributed by atoms with Crippen LogP contribution in [0.4, 0.5) is 0 Å². The fourth-order valence-electron chi connectivity index (χ4n) is 3.41. The zero-order valence-corrected chi connectivity index (χ0v) is 14.4. The highest BCUT2D eigenvalue weighted by molar-refractivity contribution is 6.31. The number of nitrogens with one attached hydrogen (secondary N) is 1. The first-order chi connectivity index (χ1) is 11.0. The minimum atomic E-state index is -0.253. The molecule has 2 aliphatic heterocycles. The van der Waals surface area contributed by atoms with Crippen LogP contribution >= 0.6 is 11.6 Å². The summed E-state index contributed by atoms with van der Waals surface area (Å²) in [5, 5.41) is 8.44. The van der Waals surface area contributed by atoms with Gasteiger partial charge in [-0.3, -0.25) is 5.01 Å². The van der Waals surface area contributed by atoms with Crippen LogP contribution in [0, 0.1) is 0 Å². The van der Waals surface area contributed by atoms with Gasteiger partial charge in [-0.15, -0.1) is 0 Å². The van der Waals surface area contributed by atoms with E-state index >= 15 is 0 Å². The summed E-state index contributed by atoms with van der Waals surface area (Å²) in [5.74, 6) is 0.589. The Morgan fingerprint density at radius 1 is 1.43 bits per heavy atom. The Balaban J connectivity index is 1.94. The highest BCUT2D eigenvalue weighted by Crippen LogP contribution is 2.36. The number of halogens is 1. The first-order valence-electron chi connectivity index (χ1n) is 7.94. The van der Waals surface area contributed by atoms with Crippen LogP contribution < -0.4 is 5.32 Å². The third-order valence-corrected chi connectivity index (χ3v) is 4.72. The normalized spacial score (nSPS) is 24.4. The highest BCUT2D eigenvalue weighted by atomic mass is 35.5. The number of carbonyl (C=O) groups excluding carboxylic acids is 1. The molecule has 0 saturated carbocycles. The maximum atomic E-state index is 12.3. The maximum Gasteiger partial charge on any atom is 0.339 e. The van der Waals surface area contributed by atoms with E-state index < -0.39 is 0 Å². The van der Waals surface area contributed by atoms with E-state index in [-0.39, 0.29) is 18.1 Å². The van der Waals surface area contributed by atoms with Crippen LogP contribution in [0.3, 0.4) is 0 Å². The molecule has 1 aromatic rings. The fraction of sp³-hybridized carbons (Fsp3) is 0.471. The van der Waals surface area contributed by atoms with Crippen molar-refractivity contribution in [2.75, 3.05) is 20.2 Å². The summed E-state index contributed by atoms with van der Waals surface area (Å²) in [6, 6.07) is 8.20. The van der Waals surface area contributed by atoms with E-state index in [0.717, 1.165) is 22.8 Å². The molecule has 0 aliphatic carbocycles. The van der Waals surface area contributed by atoms with Gasteiger partial charge in [0.1, 0.15) is 5.82 Å². The molecule has 3 rings (SSSR count). The molecule has 0 bridgehead atoms. The standard InChI is InChI=1S/C17H22ClN3O2/c1-4-23-17(22)13-10-20(3)21-11(2)9-15(19-16(13)21)12-7-5-6-8-14(12)18/h5-8,11,15,19H,4,9-10H2,1-3H3. The molecule has 5 nitrogen and oxygen atoms in total. The molecule has 2 atom stereocenters. The molecule has 23 heavy (non-hydrogen) atoms. The smallest absolute Gasteiger partial charge is 0.339 e. The topological polar surface area (TPSA) is 44.8 Å². The highest BCUT2D eigenvalue weighted by Gasteiger charge is 2.40. The number of ether oxygens (including phenoxy) is 1. The van der Waals surface area contributed by atoms with E-state index in [0.29, 0.717) is 18.7 Å². The van der Waals surface area contributed by atoms with Crippen molar-refractivity contribution < 1.29 is 9.53 Å².